The summed E-state index contributed by atoms with van der Waals surface area (Å²) in [5.74, 6) is 0. The topological polar surface area (TPSA) is 78.4 Å². The van der Waals surface area contributed by atoms with E-state index in [1.54, 1.807) is 31.2 Å². The van der Waals surface area contributed by atoms with Gasteiger partial charge in [0, 0.05) is 13.1 Å². The molecule has 0 bridgehead atoms. The Morgan fingerprint density at radius 1 is 1.26 bits per heavy atom. The highest BCUT2D eigenvalue weighted by Gasteiger charge is 2.17. The van der Waals surface area contributed by atoms with Gasteiger partial charge in [0.05, 0.1) is 11.8 Å². The standard InChI is InChI=1S/C13H22N2O3S/c1-3-9-15-19(17,18)13-7-5-4-6-12(13)14-10-8-11(2)16/h4-7,11,14-16H,3,8-10H2,1-2H3. The molecule has 1 rings (SSSR count). The van der Waals surface area contributed by atoms with Crippen LogP contribution in [0, 0.1) is 0 Å². The van der Waals surface area contributed by atoms with Gasteiger partial charge in [-0.15, -0.1) is 0 Å². The third-order valence-corrected chi connectivity index (χ3v) is 4.12. The second-order valence-corrected chi connectivity index (χ2v) is 6.19. The minimum Gasteiger partial charge on any atom is -0.393 e. The summed E-state index contributed by atoms with van der Waals surface area (Å²) in [4.78, 5) is 0.244. The molecule has 5 nitrogen and oxygen atoms in total. The summed E-state index contributed by atoms with van der Waals surface area (Å²) < 4.78 is 26.8. The molecule has 0 heterocycles. The summed E-state index contributed by atoms with van der Waals surface area (Å²) in [6.45, 7) is 4.56. The number of hydrogen-bond donors (Lipinski definition) is 3. The van der Waals surface area contributed by atoms with Crippen LogP contribution in [-0.4, -0.2) is 32.7 Å². The molecule has 19 heavy (non-hydrogen) atoms. The van der Waals surface area contributed by atoms with Crippen LogP contribution in [-0.2, 0) is 10.0 Å². The molecular formula is C13H22N2O3S. The van der Waals surface area contributed by atoms with Crippen molar-refractivity contribution in [3.05, 3.63) is 24.3 Å². The lowest BCUT2D eigenvalue weighted by Gasteiger charge is -2.13. The number of sulfonamides is 1. The van der Waals surface area contributed by atoms with Gasteiger partial charge in [-0.2, -0.15) is 0 Å². The van der Waals surface area contributed by atoms with Gasteiger partial charge in [-0.05, 0) is 31.9 Å². The van der Waals surface area contributed by atoms with Crippen LogP contribution in [0.25, 0.3) is 0 Å². The van der Waals surface area contributed by atoms with E-state index in [0.717, 1.165) is 6.42 Å². The minimum absolute atomic E-state index is 0.244. The van der Waals surface area contributed by atoms with Crippen LogP contribution in [0.3, 0.4) is 0 Å². The van der Waals surface area contributed by atoms with Crippen molar-refractivity contribution >= 4 is 15.7 Å². The van der Waals surface area contributed by atoms with Gasteiger partial charge in [-0.1, -0.05) is 19.1 Å². The molecule has 0 aliphatic heterocycles. The molecular weight excluding hydrogens is 264 g/mol. The van der Waals surface area contributed by atoms with Crippen molar-refractivity contribution in [1.29, 1.82) is 0 Å². The summed E-state index contributed by atoms with van der Waals surface area (Å²) >= 11 is 0. The van der Waals surface area contributed by atoms with E-state index in [4.69, 9.17) is 0 Å². The van der Waals surface area contributed by atoms with Crippen LogP contribution in [0.5, 0.6) is 0 Å². The first kappa shape index (κ1) is 15.9. The average Bonchev–Trinajstić information content (AvgIpc) is 2.36. The summed E-state index contributed by atoms with van der Waals surface area (Å²) in [5, 5.41) is 12.3. The number of anilines is 1. The molecule has 0 saturated carbocycles. The molecule has 0 fully saturated rings. The van der Waals surface area contributed by atoms with Crippen molar-refractivity contribution in [3.63, 3.8) is 0 Å². The Balaban J connectivity index is 2.83. The number of aliphatic hydroxyl groups is 1. The maximum absolute atomic E-state index is 12.1. The fourth-order valence-electron chi connectivity index (χ4n) is 1.58. The molecule has 1 atom stereocenters. The normalized spacial score (nSPS) is 13.2. The van der Waals surface area contributed by atoms with Crippen molar-refractivity contribution in [1.82, 2.24) is 4.72 Å². The minimum atomic E-state index is -3.48. The van der Waals surface area contributed by atoms with E-state index in [2.05, 4.69) is 10.0 Å². The second-order valence-electron chi connectivity index (χ2n) is 4.46. The zero-order valence-electron chi connectivity index (χ0n) is 11.4. The van der Waals surface area contributed by atoms with Crippen molar-refractivity contribution in [2.75, 3.05) is 18.4 Å². The predicted molar refractivity (Wildman–Crippen MR) is 76.7 cm³/mol. The van der Waals surface area contributed by atoms with Gasteiger partial charge in [-0.25, -0.2) is 13.1 Å². The molecule has 3 N–H and O–H groups in total. The first-order chi connectivity index (χ1) is 8.97. The van der Waals surface area contributed by atoms with Crippen LogP contribution in [0.15, 0.2) is 29.2 Å². The second kappa shape index (κ2) is 7.47. The first-order valence-corrected chi connectivity index (χ1v) is 7.96. The summed E-state index contributed by atoms with van der Waals surface area (Å²) in [7, 11) is -3.48. The summed E-state index contributed by atoms with van der Waals surface area (Å²) in [6, 6.07) is 6.77. The molecule has 1 aromatic carbocycles. The van der Waals surface area contributed by atoms with Crippen LogP contribution in [0.4, 0.5) is 5.69 Å². The lowest BCUT2D eigenvalue weighted by atomic mass is 10.2. The molecule has 0 radical (unpaired) electrons. The number of hydrogen-bond acceptors (Lipinski definition) is 4. The molecule has 6 heteroatoms. The van der Waals surface area contributed by atoms with Crippen molar-refractivity contribution in [2.24, 2.45) is 0 Å². The number of aliphatic hydroxyl groups excluding tert-OH is 1. The number of benzene rings is 1. The Morgan fingerprint density at radius 3 is 2.58 bits per heavy atom. The van der Waals surface area contributed by atoms with Crippen molar-refractivity contribution < 1.29 is 13.5 Å². The number of rotatable bonds is 8. The van der Waals surface area contributed by atoms with Crippen LogP contribution >= 0.6 is 0 Å². The largest absolute Gasteiger partial charge is 0.393 e. The van der Waals surface area contributed by atoms with Gasteiger partial charge in [0.2, 0.25) is 10.0 Å². The van der Waals surface area contributed by atoms with Crippen molar-refractivity contribution in [2.45, 2.75) is 37.7 Å². The molecule has 0 saturated heterocycles. The van der Waals surface area contributed by atoms with E-state index in [-0.39, 0.29) is 4.90 Å². The van der Waals surface area contributed by atoms with Gasteiger partial charge in [-0.3, -0.25) is 0 Å². The highest BCUT2D eigenvalue weighted by Crippen LogP contribution is 2.20. The summed E-state index contributed by atoms with van der Waals surface area (Å²) in [5.41, 5.74) is 0.562. The molecule has 0 aromatic heterocycles. The zero-order chi connectivity index (χ0) is 14.3. The van der Waals surface area contributed by atoms with E-state index in [9.17, 15) is 13.5 Å². The first-order valence-electron chi connectivity index (χ1n) is 6.48. The number of nitrogens with one attached hydrogen (secondary N) is 2. The van der Waals surface area contributed by atoms with Gasteiger partial charge < -0.3 is 10.4 Å². The lowest BCUT2D eigenvalue weighted by molar-refractivity contribution is 0.188. The Bertz CT molecular complexity index is 486. The SMILES string of the molecule is CCCNS(=O)(=O)c1ccccc1NCCC(C)O. The predicted octanol–water partition coefficient (Wildman–Crippen LogP) is 1.56. The lowest BCUT2D eigenvalue weighted by Crippen LogP contribution is -2.25. The van der Waals surface area contributed by atoms with E-state index < -0.39 is 16.1 Å². The maximum Gasteiger partial charge on any atom is 0.242 e. The molecule has 0 aliphatic carbocycles. The van der Waals surface area contributed by atoms with Crippen LogP contribution in [0.1, 0.15) is 26.7 Å². The zero-order valence-corrected chi connectivity index (χ0v) is 12.2. The molecule has 1 aromatic rings. The third kappa shape index (κ3) is 5.18. The molecule has 0 amide bonds. The fraction of sp³-hybridized carbons (Fsp3) is 0.538. The Hall–Kier alpha value is -1.11. The summed E-state index contributed by atoms with van der Waals surface area (Å²) in [6.07, 6.45) is 0.905. The Morgan fingerprint density at radius 2 is 1.95 bits per heavy atom. The molecule has 0 spiro atoms. The molecule has 108 valence electrons. The Labute approximate surface area is 115 Å². The number of para-hydroxylation sites is 1. The van der Waals surface area contributed by atoms with Crippen molar-refractivity contribution in [3.8, 4) is 0 Å². The van der Waals surface area contributed by atoms with E-state index in [1.807, 2.05) is 6.92 Å². The third-order valence-electron chi connectivity index (χ3n) is 2.60. The van der Waals surface area contributed by atoms with Crippen LogP contribution in [0.2, 0.25) is 0 Å². The Kier molecular flexibility index (Phi) is 6.27. The monoisotopic (exact) mass is 286 g/mol. The molecule has 1 unspecified atom stereocenters. The fourth-order valence-corrected chi connectivity index (χ4v) is 2.89. The van der Waals surface area contributed by atoms with E-state index >= 15 is 0 Å². The molecule has 0 aliphatic rings. The van der Waals surface area contributed by atoms with Gasteiger partial charge in [0.1, 0.15) is 4.90 Å². The smallest absolute Gasteiger partial charge is 0.242 e. The van der Waals surface area contributed by atoms with E-state index in [1.165, 1.54) is 0 Å². The van der Waals surface area contributed by atoms with Gasteiger partial charge in [0.25, 0.3) is 0 Å². The van der Waals surface area contributed by atoms with E-state index in [0.29, 0.717) is 25.2 Å². The van der Waals surface area contributed by atoms with Gasteiger partial charge >= 0.3 is 0 Å². The maximum atomic E-state index is 12.1. The van der Waals surface area contributed by atoms with Crippen LogP contribution < -0.4 is 10.0 Å². The van der Waals surface area contributed by atoms with Gasteiger partial charge in [0.15, 0.2) is 0 Å². The average molecular weight is 286 g/mol. The quantitative estimate of drug-likeness (QED) is 0.677. The highest BCUT2D eigenvalue weighted by atomic mass is 32.2. The highest BCUT2D eigenvalue weighted by molar-refractivity contribution is 7.89.